The second-order valence-electron chi connectivity index (χ2n) is 6.13. The van der Waals surface area contributed by atoms with E-state index in [0.29, 0.717) is 0 Å². The summed E-state index contributed by atoms with van der Waals surface area (Å²) in [6.07, 6.45) is -1.39. The Labute approximate surface area is 163 Å². The molecule has 0 aliphatic carbocycles. The van der Waals surface area contributed by atoms with Crippen molar-refractivity contribution in [1.82, 2.24) is 5.32 Å². The Morgan fingerprint density at radius 2 is 1.77 bits per heavy atom. The summed E-state index contributed by atoms with van der Waals surface area (Å²) in [5, 5.41) is 12.2. The molecule has 0 aliphatic heterocycles. The van der Waals surface area contributed by atoms with Crippen molar-refractivity contribution >= 4 is 13.7 Å². The monoisotopic (exact) mass is 500 g/mol. The standard InChI is InChI=1S/C12H25NO6P.CH3.Lu/c1-7-13-10(15)9(14)12(5,6)8-18-20(16,17)19-11(2,3)4;;/h9,14H,1,7-8H2,2-6H3,(H,13,15)(H,16,17);1H3;/q2*-1;. The van der Waals surface area contributed by atoms with Crippen molar-refractivity contribution in [1.29, 1.82) is 0 Å². The van der Waals surface area contributed by atoms with Gasteiger partial charge in [-0.1, -0.05) is 13.8 Å². The van der Waals surface area contributed by atoms with Gasteiger partial charge < -0.3 is 29.7 Å². The van der Waals surface area contributed by atoms with Gasteiger partial charge in [0.25, 0.3) is 0 Å². The zero-order chi connectivity index (χ0) is 16.2. The van der Waals surface area contributed by atoms with E-state index >= 15 is 0 Å². The Bertz CT molecular complexity index is 383. The van der Waals surface area contributed by atoms with Gasteiger partial charge in [-0.3, -0.25) is 13.8 Å². The van der Waals surface area contributed by atoms with Gasteiger partial charge in [-0.25, -0.2) is 4.57 Å². The molecule has 22 heavy (non-hydrogen) atoms. The maximum Gasteiger partial charge on any atom is 0.472 e. The van der Waals surface area contributed by atoms with Crippen molar-refractivity contribution in [2.75, 3.05) is 13.2 Å². The summed E-state index contributed by atoms with van der Waals surface area (Å²) < 4.78 is 21.5. The zero-order valence-corrected chi connectivity index (χ0v) is 16.5. The van der Waals surface area contributed by atoms with Crippen molar-refractivity contribution < 1.29 is 65.3 Å². The zero-order valence-electron chi connectivity index (χ0n) is 13.9. The first-order valence-electron chi connectivity index (χ1n) is 6.24. The second kappa shape index (κ2) is 10.6. The predicted octanol–water partition coefficient (Wildman–Crippen LogP) is 1.71. The van der Waals surface area contributed by atoms with E-state index in [4.69, 9.17) is 9.05 Å². The fourth-order valence-corrected chi connectivity index (χ4v) is 2.51. The third-order valence-electron chi connectivity index (χ3n) is 2.28. The Morgan fingerprint density at radius 1 is 1.32 bits per heavy atom. The summed E-state index contributed by atoms with van der Waals surface area (Å²) in [6.45, 7) is 11.2. The number of rotatable bonds is 7. The van der Waals surface area contributed by atoms with Crippen LogP contribution in [-0.4, -0.2) is 40.8 Å². The van der Waals surface area contributed by atoms with E-state index < -0.39 is 30.8 Å². The number of phosphoric ester groups is 1. The number of nitrogens with one attached hydrogen (secondary N) is 1. The number of phosphoric acid groups is 1. The van der Waals surface area contributed by atoms with Crippen LogP contribution in [0.15, 0.2) is 0 Å². The van der Waals surface area contributed by atoms with Crippen LogP contribution in [0.1, 0.15) is 34.6 Å². The number of amides is 1. The molecule has 0 heterocycles. The fourth-order valence-electron chi connectivity index (χ4n) is 1.27. The molecule has 1 amide bonds. The first-order valence-corrected chi connectivity index (χ1v) is 7.73. The molecule has 2 atom stereocenters. The molecule has 0 aromatic heterocycles. The van der Waals surface area contributed by atoms with E-state index in [1.807, 2.05) is 0 Å². The molecule has 2 unspecified atom stereocenters. The molecule has 1 radical (unpaired) electrons. The topological polar surface area (TPSA) is 105 Å². The molecular formula is C13H28LuNO6P-2. The molecule has 9 heteroatoms. The van der Waals surface area contributed by atoms with Gasteiger partial charge in [-0.05, 0) is 20.8 Å². The number of carbonyl (C=O) groups excluding carboxylic acids is 1. The molecule has 3 N–H and O–H groups in total. The Hall–Kier alpha value is 0.774. The van der Waals surface area contributed by atoms with Crippen LogP contribution in [0, 0.1) is 56.6 Å². The van der Waals surface area contributed by atoms with Crippen molar-refractivity contribution in [2.45, 2.75) is 46.3 Å². The van der Waals surface area contributed by atoms with Crippen LogP contribution in [0.4, 0.5) is 0 Å². The molecule has 0 aromatic rings. The molecule has 143 valence electrons. The van der Waals surface area contributed by atoms with Gasteiger partial charge in [0.1, 0.15) is 6.10 Å². The smallest absolute Gasteiger partial charge is 0.384 e. The average molecular weight is 500 g/mol. The van der Waals surface area contributed by atoms with Crippen LogP contribution < -0.4 is 5.32 Å². The van der Waals surface area contributed by atoms with Crippen molar-refractivity contribution in [3.05, 3.63) is 14.4 Å². The SMILES string of the molecule is [CH2-]CNC(=O)C(O)C(C)(C)COP(=O)(O)OC(C)(C)C.[CH3-].[Lu]. The first kappa shape index (κ1) is 27.6. The summed E-state index contributed by atoms with van der Waals surface area (Å²) in [6, 6.07) is 0. The molecule has 0 saturated heterocycles. The van der Waals surface area contributed by atoms with E-state index in [2.05, 4.69) is 12.2 Å². The second-order valence-corrected chi connectivity index (χ2v) is 7.51. The molecule has 7 nitrogen and oxygen atoms in total. The van der Waals surface area contributed by atoms with Crippen LogP contribution >= 0.6 is 7.82 Å². The molecule has 0 bridgehead atoms. The van der Waals surface area contributed by atoms with Crippen molar-refractivity contribution in [3.63, 3.8) is 0 Å². The van der Waals surface area contributed by atoms with Gasteiger partial charge in [0.15, 0.2) is 0 Å². The summed E-state index contributed by atoms with van der Waals surface area (Å²) in [7, 11) is -4.25. The Kier molecular flexibility index (Phi) is 13.3. The maximum absolute atomic E-state index is 11.7. The Balaban J connectivity index is -0.00000180. The van der Waals surface area contributed by atoms with E-state index in [1.54, 1.807) is 20.8 Å². The van der Waals surface area contributed by atoms with Gasteiger partial charge in [-0.15, -0.1) is 6.54 Å². The van der Waals surface area contributed by atoms with Crippen LogP contribution in [0.25, 0.3) is 0 Å². The third kappa shape index (κ3) is 11.3. The quantitative estimate of drug-likeness (QED) is 0.363. The summed E-state index contributed by atoms with van der Waals surface area (Å²) in [5.74, 6) is -0.613. The minimum absolute atomic E-state index is 0. The molecule has 0 aliphatic rings. The third-order valence-corrected chi connectivity index (χ3v) is 3.51. The van der Waals surface area contributed by atoms with E-state index in [-0.39, 0.29) is 57.5 Å². The van der Waals surface area contributed by atoms with Crippen molar-refractivity contribution in [3.8, 4) is 0 Å². The van der Waals surface area contributed by atoms with Crippen LogP contribution in [0.2, 0.25) is 0 Å². The molecule has 0 rings (SSSR count). The Morgan fingerprint density at radius 3 is 2.14 bits per heavy atom. The van der Waals surface area contributed by atoms with Gasteiger partial charge in [-0.2, -0.15) is 0 Å². The van der Waals surface area contributed by atoms with E-state index in [9.17, 15) is 19.4 Å². The van der Waals surface area contributed by atoms with Crippen LogP contribution in [-0.2, 0) is 18.4 Å². The van der Waals surface area contributed by atoms with Gasteiger partial charge >= 0.3 is 7.82 Å². The molecule has 0 aromatic carbocycles. The summed E-state index contributed by atoms with van der Waals surface area (Å²) in [4.78, 5) is 21.1. The van der Waals surface area contributed by atoms with Crippen molar-refractivity contribution in [2.24, 2.45) is 5.41 Å². The van der Waals surface area contributed by atoms with E-state index in [1.165, 1.54) is 13.8 Å². The summed E-state index contributed by atoms with van der Waals surface area (Å²) >= 11 is 0. The number of aliphatic hydroxyl groups is 1. The van der Waals surface area contributed by atoms with E-state index in [0.717, 1.165) is 0 Å². The molecular weight excluding hydrogens is 472 g/mol. The number of hydrogen-bond acceptors (Lipinski definition) is 5. The van der Waals surface area contributed by atoms with Crippen LogP contribution in [0.5, 0.6) is 0 Å². The number of aliphatic hydroxyl groups excluding tert-OH is 1. The largest absolute Gasteiger partial charge is 0.472 e. The van der Waals surface area contributed by atoms with Crippen LogP contribution in [0.3, 0.4) is 0 Å². The first-order chi connectivity index (χ1) is 8.81. The number of carbonyl (C=O) groups is 1. The van der Waals surface area contributed by atoms with Gasteiger partial charge in [0.05, 0.1) is 12.2 Å². The molecule has 0 saturated carbocycles. The van der Waals surface area contributed by atoms with Gasteiger partial charge in [0, 0.05) is 42.3 Å². The summed E-state index contributed by atoms with van der Waals surface area (Å²) in [5.41, 5.74) is -1.91. The fraction of sp³-hybridized carbons (Fsp3) is 0.769. The molecule has 0 spiro atoms. The predicted molar refractivity (Wildman–Crippen MR) is 81.2 cm³/mol. The minimum Gasteiger partial charge on any atom is -0.384 e. The minimum atomic E-state index is -4.25. The number of hydrogen-bond donors (Lipinski definition) is 3. The maximum atomic E-state index is 11.7. The molecule has 0 fully saturated rings. The average Bonchev–Trinajstić information content (AvgIpc) is 2.23. The van der Waals surface area contributed by atoms with Gasteiger partial charge in [0.2, 0.25) is 5.91 Å². The normalized spacial score (nSPS) is 15.8.